The van der Waals surface area contributed by atoms with Crippen molar-refractivity contribution in [2.24, 2.45) is 0 Å². The molecule has 2 atom stereocenters. The van der Waals surface area contributed by atoms with Gasteiger partial charge in [-0.15, -0.1) is 0 Å². The SMILES string of the molecule is CC1(C)OC(=O)C2=C(C[C@@H](CCc3ccccc3)O[C@H]2CCc2cccc(Cl)c2)O1. The Morgan fingerprint density at radius 3 is 2.47 bits per heavy atom. The van der Waals surface area contributed by atoms with Crippen LogP contribution in [0.15, 0.2) is 65.9 Å². The summed E-state index contributed by atoms with van der Waals surface area (Å²) in [5.41, 5.74) is 2.93. The van der Waals surface area contributed by atoms with E-state index in [0.717, 1.165) is 30.6 Å². The van der Waals surface area contributed by atoms with E-state index in [0.29, 0.717) is 23.4 Å². The highest BCUT2D eigenvalue weighted by atomic mass is 35.5. The normalized spacial score (nSPS) is 22.8. The molecule has 0 unspecified atom stereocenters. The summed E-state index contributed by atoms with van der Waals surface area (Å²) in [4.78, 5) is 12.7. The maximum absolute atomic E-state index is 12.7. The van der Waals surface area contributed by atoms with Gasteiger partial charge in [-0.2, -0.15) is 0 Å². The second-order valence-corrected chi connectivity index (χ2v) is 8.81. The molecule has 0 spiro atoms. The van der Waals surface area contributed by atoms with E-state index in [-0.39, 0.29) is 18.2 Å². The van der Waals surface area contributed by atoms with E-state index in [4.69, 9.17) is 25.8 Å². The maximum Gasteiger partial charge on any atom is 0.343 e. The van der Waals surface area contributed by atoms with Crippen LogP contribution in [0.4, 0.5) is 0 Å². The molecule has 5 heteroatoms. The van der Waals surface area contributed by atoms with Gasteiger partial charge in [-0.3, -0.25) is 0 Å². The van der Waals surface area contributed by atoms with Crippen LogP contribution < -0.4 is 0 Å². The van der Waals surface area contributed by atoms with Crippen molar-refractivity contribution in [2.75, 3.05) is 0 Å². The minimum atomic E-state index is -0.950. The molecular formula is C25H27ClO4. The molecule has 2 aromatic rings. The summed E-state index contributed by atoms with van der Waals surface area (Å²) < 4.78 is 18.0. The lowest BCUT2D eigenvalue weighted by atomic mass is 9.92. The number of hydrogen-bond acceptors (Lipinski definition) is 4. The molecule has 0 bridgehead atoms. The first-order valence-electron chi connectivity index (χ1n) is 10.5. The number of rotatable bonds is 6. The molecule has 2 heterocycles. The fourth-order valence-corrected chi connectivity index (χ4v) is 4.34. The van der Waals surface area contributed by atoms with Crippen LogP contribution in [0.2, 0.25) is 5.02 Å². The summed E-state index contributed by atoms with van der Waals surface area (Å²) in [7, 11) is 0. The molecule has 0 saturated carbocycles. The second-order valence-electron chi connectivity index (χ2n) is 8.37. The topological polar surface area (TPSA) is 44.8 Å². The lowest BCUT2D eigenvalue weighted by molar-refractivity contribution is -0.217. The first-order valence-corrected chi connectivity index (χ1v) is 10.9. The van der Waals surface area contributed by atoms with E-state index in [1.54, 1.807) is 13.8 Å². The molecule has 4 nitrogen and oxygen atoms in total. The van der Waals surface area contributed by atoms with Gasteiger partial charge < -0.3 is 14.2 Å². The Hall–Kier alpha value is -2.30. The molecule has 4 rings (SSSR count). The van der Waals surface area contributed by atoms with Crippen molar-refractivity contribution >= 4 is 17.6 Å². The second kappa shape index (κ2) is 8.83. The van der Waals surface area contributed by atoms with Gasteiger partial charge >= 0.3 is 5.97 Å². The van der Waals surface area contributed by atoms with Gasteiger partial charge in [0.25, 0.3) is 0 Å². The third-order valence-electron chi connectivity index (χ3n) is 5.50. The zero-order valence-corrected chi connectivity index (χ0v) is 18.2. The monoisotopic (exact) mass is 426 g/mol. The fourth-order valence-electron chi connectivity index (χ4n) is 4.13. The first-order chi connectivity index (χ1) is 14.4. The average Bonchev–Trinajstić information content (AvgIpc) is 2.70. The van der Waals surface area contributed by atoms with Crippen LogP contribution in [0.3, 0.4) is 0 Å². The number of hydrogen-bond donors (Lipinski definition) is 0. The molecule has 2 aliphatic heterocycles. The largest absolute Gasteiger partial charge is 0.456 e. The summed E-state index contributed by atoms with van der Waals surface area (Å²) >= 11 is 6.12. The van der Waals surface area contributed by atoms with Crippen LogP contribution in [0, 0.1) is 0 Å². The molecule has 30 heavy (non-hydrogen) atoms. The number of aryl methyl sites for hydroxylation is 2. The molecule has 0 N–H and O–H groups in total. The van der Waals surface area contributed by atoms with Gasteiger partial charge in [-0.1, -0.05) is 54.1 Å². The summed E-state index contributed by atoms with van der Waals surface area (Å²) in [6.45, 7) is 3.54. The summed E-state index contributed by atoms with van der Waals surface area (Å²) in [6, 6.07) is 18.2. The number of halogens is 1. The molecule has 0 radical (unpaired) electrons. The van der Waals surface area contributed by atoms with Gasteiger partial charge in [-0.25, -0.2) is 4.79 Å². The first kappa shape index (κ1) is 21.0. The lowest BCUT2D eigenvalue weighted by Gasteiger charge is -2.40. The van der Waals surface area contributed by atoms with Crippen molar-refractivity contribution in [1.29, 1.82) is 0 Å². The number of benzene rings is 2. The van der Waals surface area contributed by atoms with Crippen molar-refractivity contribution < 1.29 is 19.0 Å². The maximum atomic E-state index is 12.7. The zero-order valence-electron chi connectivity index (χ0n) is 17.4. The Bertz CT molecular complexity index is 935. The quantitative estimate of drug-likeness (QED) is 0.562. The van der Waals surface area contributed by atoms with Crippen molar-refractivity contribution in [3.63, 3.8) is 0 Å². The highest BCUT2D eigenvalue weighted by Crippen LogP contribution is 2.38. The van der Waals surface area contributed by atoms with Crippen molar-refractivity contribution in [1.82, 2.24) is 0 Å². The summed E-state index contributed by atoms with van der Waals surface area (Å²) in [6.07, 6.45) is 3.45. The van der Waals surface area contributed by atoms with Gasteiger partial charge in [0.15, 0.2) is 0 Å². The van der Waals surface area contributed by atoms with Gasteiger partial charge in [0.05, 0.1) is 12.2 Å². The Morgan fingerprint density at radius 2 is 1.70 bits per heavy atom. The number of carbonyl (C=O) groups excluding carboxylic acids is 1. The van der Waals surface area contributed by atoms with Gasteiger partial charge in [0.2, 0.25) is 5.79 Å². The third kappa shape index (κ3) is 5.05. The van der Waals surface area contributed by atoms with Crippen molar-refractivity contribution in [3.8, 4) is 0 Å². The predicted molar refractivity (Wildman–Crippen MR) is 116 cm³/mol. The van der Waals surface area contributed by atoms with Gasteiger partial charge in [-0.05, 0) is 48.9 Å². The highest BCUT2D eigenvalue weighted by Gasteiger charge is 2.43. The molecular weight excluding hydrogens is 400 g/mol. The molecule has 0 saturated heterocycles. The molecule has 0 amide bonds. The minimum absolute atomic E-state index is 0.00461. The number of ether oxygens (including phenoxy) is 3. The number of carbonyl (C=O) groups is 1. The Balaban J connectivity index is 1.51. The summed E-state index contributed by atoms with van der Waals surface area (Å²) in [5, 5.41) is 0.708. The molecule has 0 aliphatic carbocycles. The summed E-state index contributed by atoms with van der Waals surface area (Å²) in [5.74, 6) is -0.565. The molecule has 2 aromatic carbocycles. The van der Waals surface area contributed by atoms with Crippen LogP contribution in [-0.4, -0.2) is 24.0 Å². The van der Waals surface area contributed by atoms with Crippen LogP contribution in [-0.2, 0) is 31.8 Å². The average molecular weight is 427 g/mol. The van der Waals surface area contributed by atoms with E-state index in [2.05, 4.69) is 12.1 Å². The van der Waals surface area contributed by atoms with Gasteiger partial charge in [0, 0.05) is 25.3 Å². The van der Waals surface area contributed by atoms with Crippen LogP contribution in [0.25, 0.3) is 0 Å². The Kier molecular flexibility index (Phi) is 6.16. The fraction of sp³-hybridized carbons (Fsp3) is 0.400. The van der Waals surface area contributed by atoms with E-state index in [1.165, 1.54) is 5.56 Å². The predicted octanol–water partition coefficient (Wildman–Crippen LogP) is 5.63. The standard InChI is InChI=1S/C25H27ClO4/c1-25(2)29-22-16-20(13-11-17-7-4-3-5-8-17)28-21(23(22)24(27)30-25)14-12-18-9-6-10-19(26)15-18/h3-10,15,20-21H,11-14,16H2,1-2H3/t20-,21+/m1/s1. The van der Waals surface area contributed by atoms with Gasteiger partial charge in [0.1, 0.15) is 11.3 Å². The molecule has 2 aliphatic rings. The molecule has 0 fully saturated rings. The van der Waals surface area contributed by atoms with E-state index in [1.807, 2.05) is 42.5 Å². The van der Waals surface area contributed by atoms with E-state index >= 15 is 0 Å². The van der Waals surface area contributed by atoms with Crippen LogP contribution in [0.5, 0.6) is 0 Å². The lowest BCUT2D eigenvalue weighted by Crippen LogP contribution is -2.44. The zero-order chi connectivity index (χ0) is 21.1. The highest BCUT2D eigenvalue weighted by molar-refractivity contribution is 6.30. The third-order valence-corrected chi connectivity index (χ3v) is 5.74. The van der Waals surface area contributed by atoms with Crippen LogP contribution in [0.1, 0.15) is 44.2 Å². The van der Waals surface area contributed by atoms with E-state index < -0.39 is 5.79 Å². The number of esters is 1. The van der Waals surface area contributed by atoms with Crippen LogP contribution >= 0.6 is 11.6 Å². The smallest absolute Gasteiger partial charge is 0.343 e. The Labute approximate surface area is 182 Å². The Morgan fingerprint density at radius 1 is 0.967 bits per heavy atom. The van der Waals surface area contributed by atoms with E-state index in [9.17, 15) is 4.79 Å². The molecule has 0 aromatic heterocycles. The van der Waals surface area contributed by atoms with Crippen molar-refractivity contribution in [2.45, 2.75) is 63.9 Å². The number of cyclic esters (lactones) is 1. The molecule has 158 valence electrons. The minimum Gasteiger partial charge on any atom is -0.456 e. The van der Waals surface area contributed by atoms with Crippen molar-refractivity contribution in [3.05, 3.63) is 82.1 Å².